The maximum Gasteiger partial charge on any atom is 0.206 e. The minimum atomic E-state index is 0.168. The SMILES string of the molecule is CCN(CC1CCCN1c1ccnc(C#CCN2CCCCCC2)n1)c1cc(-c2ccccc2O)nnc1N. The van der Waals surface area contributed by atoms with Crippen molar-refractivity contribution in [2.45, 2.75) is 51.5 Å². The van der Waals surface area contributed by atoms with Gasteiger partial charge in [-0.1, -0.05) is 30.9 Å². The third kappa shape index (κ3) is 6.58. The summed E-state index contributed by atoms with van der Waals surface area (Å²) in [6.07, 6.45) is 9.13. The van der Waals surface area contributed by atoms with Crippen molar-refractivity contribution < 1.29 is 5.11 Å². The predicted octanol–water partition coefficient (Wildman–Crippen LogP) is 3.94. The summed E-state index contributed by atoms with van der Waals surface area (Å²) >= 11 is 0. The van der Waals surface area contributed by atoms with Crippen molar-refractivity contribution >= 4 is 17.3 Å². The van der Waals surface area contributed by atoms with Gasteiger partial charge in [-0.3, -0.25) is 4.90 Å². The zero-order valence-corrected chi connectivity index (χ0v) is 22.8. The van der Waals surface area contributed by atoms with E-state index in [1.165, 1.54) is 25.7 Å². The van der Waals surface area contributed by atoms with E-state index in [0.29, 0.717) is 22.9 Å². The average molecular weight is 527 g/mol. The summed E-state index contributed by atoms with van der Waals surface area (Å²) < 4.78 is 0. The van der Waals surface area contributed by atoms with E-state index in [2.05, 4.69) is 48.6 Å². The molecule has 0 saturated carbocycles. The second-order valence-corrected chi connectivity index (χ2v) is 10.3. The number of hydrogen-bond donors (Lipinski definition) is 2. The molecule has 2 saturated heterocycles. The summed E-state index contributed by atoms with van der Waals surface area (Å²) in [6.45, 7) is 7.61. The molecule has 0 amide bonds. The topological polar surface area (TPSA) is 108 Å². The highest BCUT2D eigenvalue weighted by Crippen LogP contribution is 2.32. The second kappa shape index (κ2) is 12.8. The van der Waals surface area contributed by atoms with E-state index in [-0.39, 0.29) is 11.8 Å². The molecule has 3 aromatic rings. The number of phenolic OH excluding ortho intramolecular Hbond substituents is 1. The smallest absolute Gasteiger partial charge is 0.206 e. The first-order valence-corrected chi connectivity index (χ1v) is 14.1. The van der Waals surface area contributed by atoms with Crippen molar-refractivity contribution in [3.8, 4) is 28.8 Å². The van der Waals surface area contributed by atoms with E-state index in [1.807, 2.05) is 30.5 Å². The van der Waals surface area contributed by atoms with Crippen LogP contribution < -0.4 is 15.5 Å². The molecule has 9 heteroatoms. The summed E-state index contributed by atoms with van der Waals surface area (Å²) in [5, 5.41) is 18.8. The van der Waals surface area contributed by atoms with Crippen molar-refractivity contribution in [3.05, 3.63) is 48.4 Å². The fourth-order valence-electron chi connectivity index (χ4n) is 5.54. The third-order valence-electron chi connectivity index (χ3n) is 7.65. The van der Waals surface area contributed by atoms with Crippen molar-refractivity contribution in [3.63, 3.8) is 0 Å². The fraction of sp³-hybridized carbons (Fsp3) is 0.467. The van der Waals surface area contributed by atoms with Crippen LogP contribution in [0.25, 0.3) is 11.3 Å². The predicted molar refractivity (Wildman–Crippen MR) is 156 cm³/mol. The van der Waals surface area contributed by atoms with Gasteiger partial charge in [0.15, 0.2) is 5.82 Å². The van der Waals surface area contributed by atoms with E-state index >= 15 is 0 Å². The second-order valence-electron chi connectivity index (χ2n) is 10.3. The Hall–Kier alpha value is -3.90. The number of hydrogen-bond acceptors (Lipinski definition) is 9. The fourth-order valence-corrected chi connectivity index (χ4v) is 5.54. The van der Waals surface area contributed by atoms with Gasteiger partial charge >= 0.3 is 0 Å². The van der Waals surface area contributed by atoms with Crippen molar-refractivity contribution in [2.24, 2.45) is 0 Å². The molecule has 0 spiro atoms. The number of para-hydroxylation sites is 1. The summed E-state index contributed by atoms with van der Waals surface area (Å²) in [5.41, 5.74) is 8.35. The molecule has 2 aliphatic heterocycles. The zero-order valence-electron chi connectivity index (χ0n) is 22.8. The largest absolute Gasteiger partial charge is 0.507 e. The summed E-state index contributed by atoms with van der Waals surface area (Å²) in [5.74, 6) is 8.54. The van der Waals surface area contributed by atoms with Crippen LogP contribution in [0, 0.1) is 11.8 Å². The van der Waals surface area contributed by atoms with Crippen LogP contribution >= 0.6 is 0 Å². The van der Waals surface area contributed by atoms with Gasteiger partial charge in [0.1, 0.15) is 11.6 Å². The first-order valence-electron chi connectivity index (χ1n) is 14.1. The Balaban J connectivity index is 1.30. The Morgan fingerprint density at radius 2 is 1.87 bits per heavy atom. The Morgan fingerprint density at radius 1 is 1.05 bits per heavy atom. The number of nitrogens with zero attached hydrogens (tertiary/aromatic N) is 7. The van der Waals surface area contributed by atoms with Crippen molar-refractivity contribution in [2.75, 3.05) is 54.8 Å². The van der Waals surface area contributed by atoms with Crippen LogP contribution in [-0.2, 0) is 0 Å². The lowest BCUT2D eigenvalue weighted by atomic mass is 10.1. The highest BCUT2D eigenvalue weighted by Gasteiger charge is 2.28. The highest BCUT2D eigenvalue weighted by atomic mass is 16.3. The molecule has 2 aliphatic rings. The maximum absolute atomic E-state index is 10.3. The molecule has 3 N–H and O–H groups in total. The molecule has 1 aromatic carbocycles. The number of anilines is 3. The van der Waals surface area contributed by atoms with E-state index in [0.717, 1.165) is 63.6 Å². The van der Waals surface area contributed by atoms with Crippen LogP contribution in [0.4, 0.5) is 17.3 Å². The highest BCUT2D eigenvalue weighted by molar-refractivity contribution is 5.74. The number of nitrogen functional groups attached to an aromatic ring is 1. The molecule has 1 unspecified atom stereocenters. The van der Waals surface area contributed by atoms with Crippen molar-refractivity contribution in [1.29, 1.82) is 0 Å². The molecule has 204 valence electrons. The van der Waals surface area contributed by atoms with Crippen molar-refractivity contribution in [1.82, 2.24) is 25.1 Å². The van der Waals surface area contributed by atoms with E-state index < -0.39 is 0 Å². The first kappa shape index (κ1) is 26.7. The van der Waals surface area contributed by atoms with Gasteiger partial charge in [-0.2, -0.15) is 0 Å². The first-order chi connectivity index (χ1) is 19.1. The number of nitrogens with two attached hydrogens (primary N) is 1. The molecule has 4 heterocycles. The number of phenols is 1. The van der Waals surface area contributed by atoms with Gasteiger partial charge in [0, 0.05) is 37.4 Å². The van der Waals surface area contributed by atoms with E-state index in [9.17, 15) is 5.11 Å². The average Bonchev–Trinajstić information content (AvgIpc) is 3.27. The monoisotopic (exact) mass is 526 g/mol. The van der Waals surface area contributed by atoms with Gasteiger partial charge in [-0.05, 0) is 75.9 Å². The van der Waals surface area contributed by atoms with Gasteiger partial charge in [-0.15, -0.1) is 10.2 Å². The number of aromatic hydroxyl groups is 1. The lowest BCUT2D eigenvalue weighted by Gasteiger charge is -2.32. The quantitative estimate of drug-likeness (QED) is 0.443. The third-order valence-corrected chi connectivity index (χ3v) is 7.65. The zero-order chi connectivity index (χ0) is 27.0. The summed E-state index contributed by atoms with van der Waals surface area (Å²) in [4.78, 5) is 16.3. The van der Waals surface area contributed by atoms with Gasteiger partial charge in [0.2, 0.25) is 5.82 Å². The Kier molecular flexibility index (Phi) is 8.74. The van der Waals surface area contributed by atoms with Gasteiger partial charge in [-0.25, -0.2) is 9.97 Å². The minimum absolute atomic E-state index is 0.168. The summed E-state index contributed by atoms with van der Waals surface area (Å²) in [7, 11) is 0. The molecule has 1 atom stereocenters. The molecule has 39 heavy (non-hydrogen) atoms. The number of likely N-dealkylation sites (tertiary alicyclic amines) is 1. The lowest BCUT2D eigenvalue weighted by Crippen LogP contribution is -2.41. The number of aromatic nitrogens is 4. The van der Waals surface area contributed by atoms with Gasteiger partial charge in [0.05, 0.1) is 17.9 Å². The molecule has 0 radical (unpaired) electrons. The van der Waals surface area contributed by atoms with Gasteiger partial charge < -0.3 is 20.6 Å². The van der Waals surface area contributed by atoms with Crippen LogP contribution in [-0.4, -0.2) is 75.5 Å². The molecule has 0 bridgehead atoms. The molecule has 2 aromatic heterocycles. The number of likely N-dealkylation sites (N-methyl/N-ethyl adjacent to an activating group) is 1. The van der Waals surface area contributed by atoms with Crippen LogP contribution in [0.2, 0.25) is 0 Å². The molecular weight excluding hydrogens is 488 g/mol. The van der Waals surface area contributed by atoms with Crippen LogP contribution in [0.5, 0.6) is 5.75 Å². The van der Waals surface area contributed by atoms with Gasteiger partial charge in [0.25, 0.3) is 0 Å². The molecule has 5 rings (SSSR count). The molecule has 9 nitrogen and oxygen atoms in total. The Morgan fingerprint density at radius 3 is 2.67 bits per heavy atom. The number of rotatable bonds is 7. The van der Waals surface area contributed by atoms with E-state index in [4.69, 9.17) is 10.7 Å². The van der Waals surface area contributed by atoms with Crippen LogP contribution in [0.15, 0.2) is 42.6 Å². The van der Waals surface area contributed by atoms with E-state index in [1.54, 1.807) is 12.1 Å². The number of benzene rings is 1. The Labute approximate surface area is 231 Å². The maximum atomic E-state index is 10.3. The minimum Gasteiger partial charge on any atom is -0.507 e. The Bertz CT molecular complexity index is 1310. The standard InChI is InChI=1S/C30H38N8O/c1-2-37(26-21-25(34-35-30(26)31)24-12-5-6-13-27(24)39)22-23-11-9-20-38(23)29-15-16-32-28(33-29)14-10-19-36-17-7-3-4-8-18-36/h5-6,12-13,15-16,21,23,39H,2-4,7-9,11,17-20,22H2,1H3,(H2,31,35). The molecule has 2 fully saturated rings. The summed E-state index contributed by atoms with van der Waals surface area (Å²) in [6, 6.07) is 11.3. The lowest BCUT2D eigenvalue weighted by molar-refractivity contribution is 0.320. The van der Waals surface area contributed by atoms with Crippen LogP contribution in [0.3, 0.4) is 0 Å². The normalized spacial score (nSPS) is 17.9. The molecule has 0 aliphatic carbocycles. The molecular formula is C30H38N8O. The van der Waals surface area contributed by atoms with Crippen LogP contribution in [0.1, 0.15) is 51.3 Å².